The van der Waals surface area contributed by atoms with Crippen molar-refractivity contribution in [1.82, 2.24) is 19.7 Å². The van der Waals surface area contributed by atoms with Gasteiger partial charge in [-0.25, -0.2) is 9.78 Å². The molecule has 9 heteroatoms. The lowest BCUT2D eigenvalue weighted by Crippen LogP contribution is -2.50. The molecule has 2 N–H and O–H groups in total. The van der Waals surface area contributed by atoms with Crippen molar-refractivity contribution in [3.05, 3.63) is 17.5 Å². The smallest absolute Gasteiger partial charge is 0.410 e. The second-order valence-electron chi connectivity index (χ2n) is 7.75. The summed E-state index contributed by atoms with van der Waals surface area (Å²) in [5.74, 6) is -0.530. The summed E-state index contributed by atoms with van der Waals surface area (Å²) < 4.78 is 7.13. The highest BCUT2D eigenvalue weighted by Gasteiger charge is 2.29. The number of rotatable bonds is 2. The number of piperazine rings is 1. The number of hydrogen-bond donors (Lipinski definition) is 1. The Hall–Kier alpha value is -2.84. The van der Waals surface area contributed by atoms with E-state index in [9.17, 15) is 9.59 Å². The minimum Gasteiger partial charge on any atom is -0.444 e. The molecule has 3 heterocycles. The van der Waals surface area contributed by atoms with Crippen molar-refractivity contribution in [3.63, 3.8) is 0 Å². The number of pyridine rings is 1. The second-order valence-corrected chi connectivity index (χ2v) is 7.75. The van der Waals surface area contributed by atoms with Gasteiger partial charge < -0.3 is 20.3 Å². The van der Waals surface area contributed by atoms with Crippen molar-refractivity contribution in [3.8, 4) is 0 Å². The maximum Gasteiger partial charge on any atom is 0.410 e. The van der Waals surface area contributed by atoms with Gasteiger partial charge in [-0.15, -0.1) is 0 Å². The van der Waals surface area contributed by atoms with Crippen LogP contribution in [0.3, 0.4) is 0 Å². The van der Waals surface area contributed by atoms with E-state index in [1.165, 1.54) is 6.20 Å². The van der Waals surface area contributed by atoms with Gasteiger partial charge in [0.2, 0.25) is 0 Å². The number of anilines is 1. The lowest BCUT2D eigenvalue weighted by Gasteiger charge is -2.37. The van der Waals surface area contributed by atoms with Gasteiger partial charge in [0.25, 0.3) is 5.91 Å². The van der Waals surface area contributed by atoms with Gasteiger partial charge in [0.15, 0.2) is 5.65 Å². The van der Waals surface area contributed by atoms with Crippen LogP contribution in [0.25, 0.3) is 11.0 Å². The number of nitrogens with zero attached hydrogens (tertiary/aromatic N) is 5. The Morgan fingerprint density at radius 1 is 1.19 bits per heavy atom. The molecule has 0 aromatic carbocycles. The summed E-state index contributed by atoms with van der Waals surface area (Å²) in [5.41, 5.74) is 7.65. The molecule has 1 saturated heterocycles. The number of amides is 2. The summed E-state index contributed by atoms with van der Waals surface area (Å²) >= 11 is 0. The summed E-state index contributed by atoms with van der Waals surface area (Å²) in [6.07, 6.45) is 1.18. The van der Waals surface area contributed by atoms with E-state index in [1.54, 1.807) is 9.58 Å². The van der Waals surface area contributed by atoms with E-state index in [2.05, 4.69) is 15.0 Å². The Bertz CT molecular complexity index is 891. The van der Waals surface area contributed by atoms with Gasteiger partial charge in [-0.2, -0.15) is 5.10 Å². The molecule has 0 aliphatic carbocycles. The number of aromatic nitrogens is 3. The normalized spacial score (nSPS) is 15.3. The van der Waals surface area contributed by atoms with E-state index in [4.69, 9.17) is 10.5 Å². The molecule has 3 rings (SSSR count). The van der Waals surface area contributed by atoms with Crippen LogP contribution in [0, 0.1) is 6.92 Å². The van der Waals surface area contributed by atoms with Crippen molar-refractivity contribution < 1.29 is 14.3 Å². The Morgan fingerprint density at radius 3 is 2.37 bits per heavy atom. The van der Waals surface area contributed by atoms with Gasteiger partial charge in [0.05, 0.1) is 22.3 Å². The summed E-state index contributed by atoms with van der Waals surface area (Å²) in [4.78, 5) is 32.4. The lowest BCUT2D eigenvalue weighted by atomic mass is 10.1. The minimum absolute atomic E-state index is 0.324. The third-order valence-corrected chi connectivity index (χ3v) is 4.51. The number of carbonyl (C=O) groups excluding carboxylic acids is 2. The van der Waals surface area contributed by atoms with E-state index in [1.807, 2.05) is 34.7 Å². The van der Waals surface area contributed by atoms with Crippen molar-refractivity contribution in [1.29, 1.82) is 0 Å². The van der Waals surface area contributed by atoms with Gasteiger partial charge >= 0.3 is 6.09 Å². The van der Waals surface area contributed by atoms with Crippen LogP contribution in [0.4, 0.5) is 10.5 Å². The third-order valence-electron chi connectivity index (χ3n) is 4.51. The molecule has 2 aromatic heterocycles. The van der Waals surface area contributed by atoms with Crippen LogP contribution in [0.5, 0.6) is 0 Å². The first kappa shape index (κ1) is 18.9. The Morgan fingerprint density at radius 2 is 1.81 bits per heavy atom. The number of nitrogens with two attached hydrogens (primary N) is 1. The van der Waals surface area contributed by atoms with Crippen molar-refractivity contribution in [2.45, 2.75) is 33.3 Å². The fourth-order valence-electron chi connectivity index (χ4n) is 3.34. The number of primary amides is 1. The first-order valence-corrected chi connectivity index (χ1v) is 8.93. The molecule has 0 atom stereocenters. The third kappa shape index (κ3) is 3.67. The van der Waals surface area contributed by atoms with Gasteiger partial charge in [-0.05, 0) is 27.7 Å². The zero-order valence-electron chi connectivity index (χ0n) is 16.4. The van der Waals surface area contributed by atoms with E-state index < -0.39 is 11.5 Å². The van der Waals surface area contributed by atoms with E-state index in [0.29, 0.717) is 37.4 Å². The molecule has 9 nitrogen and oxygen atoms in total. The average Bonchev–Trinajstić information content (AvgIpc) is 2.87. The maximum absolute atomic E-state index is 12.3. The van der Waals surface area contributed by atoms with Gasteiger partial charge in [-0.1, -0.05) is 0 Å². The SMILES string of the molecule is Cc1nn(C)c2ncc(C(N)=O)c(N3CCN(C(=O)OC(C)(C)C)CC3)c12. The van der Waals surface area contributed by atoms with Crippen LogP contribution in [-0.4, -0.2) is 63.4 Å². The van der Waals surface area contributed by atoms with Crippen LogP contribution in [0.15, 0.2) is 6.20 Å². The highest BCUT2D eigenvalue weighted by molar-refractivity contribution is 6.07. The molecule has 27 heavy (non-hydrogen) atoms. The van der Waals surface area contributed by atoms with E-state index >= 15 is 0 Å². The number of aryl methyl sites for hydroxylation is 2. The molecule has 0 bridgehead atoms. The topological polar surface area (TPSA) is 107 Å². The monoisotopic (exact) mass is 374 g/mol. The number of hydrogen-bond acceptors (Lipinski definition) is 6. The van der Waals surface area contributed by atoms with Crippen LogP contribution in [0.2, 0.25) is 0 Å². The fourth-order valence-corrected chi connectivity index (χ4v) is 3.34. The molecular weight excluding hydrogens is 348 g/mol. The first-order valence-electron chi connectivity index (χ1n) is 8.93. The largest absolute Gasteiger partial charge is 0.444 e. The van der Waals surface area contributed by atoms with Crippen molar-refractivity contribution >= 4 is 28.7 Å². The second kappa shape index (κ2) is 6.71. The molecule has 0 unspecified atom stereocenters. The Labute approximate surface area is 158 Å². The summed E-state index contributed by atoms with van der Waals surface area (Å²) in [6, 6.07) is 0. The zero-order chi connectivity index (χ0) is 19.9. The molecule has 1 fully saturated rings. The number of fused-ring (bicyclic) bond motifs is 1. The van der Waals surface area contributed by atoms with Crippen LogP contribution in [0.1, 0.15) is 36.8 Å². The highest BCUT2D eigenvalue weighted by atomic mass is 16.6. The van der Waals surface area contributed by atoms with Gasteiger partial charge in [0.1, 0.15) is 5.60 Å². The first-order chi connectivity index (χ1) is 12.6. The summed E-state index contributed by atoms with van der Waals surface area (Å²) in [5, 5.41) is 5.24. The minimum atomic E-state index is -0.530. The molecule has 146 valence electrons. The van der Waals surface area contributed by atoms with Crippen molar-refractivity contribution in [2.75, 3.05) is 31.1 Å². The summed E-state index contributed by atoms with van der Waals surface area (Å²) in [7, 11) is 1.82. The molecule has 1 aliphatic rings. The molecule has 0 radical (unpaired) electrons. The van der Waals surface area contributed by atoms with Crippen LogP contribution < -0.4 is 10.6 Å². The Balaban J connectivity index is 1.90. The molecule has 0 saturated carbocycles. The van der Waals surface area contributed by atoms with Crippen LogP contribution >= 0.6 is 0 Å². The quantitative estimate of drug-likeness (QED) is 0.852. The molecule has 1 aliphatic heterocycles. The van der Waals surface area contributed by atoms with E-state index in [0.717, 1.165) is 16.8 Å². The predicted molar refractivity (Wildman–Crippen MR) is 102 cm³/mol. The van der Waals surface area contributed by atoms with Crippen LogP contribution in [-0.2, 0) is 11.8 Å². The van der Waals surface area contributed by atoms with Crippen molar-refractivity contribution in [2.24, 2.45) is 12.8 Å². The number of ether oxygens (including phenoxy) is 1. The molecular formula is C18H26N6O3. The summed E-state index contributed by atoms with van der Waals surface area (Å²) in [6.45, 7) is 9.54. The molecule has 2 aromatic rings. The highest BCUT2D eigenvalue weighted by Crippen LogP contribution is 2.32. The van der Waals surface area contributed by atoms with Gasteiger partial charge in [-0.3, -0.25) is 9.48 Å². The van der Waals surface area contributed by atoms with Gasteiger partial charge in [0, 0.05) is 39.4 Å². The number of carbonyl (C=O) groups is 2. The standard InChI is InChI=1S/C18H26N6O3/c1-11-13-14(12(15(19)25)10-20-16(13)22(5)21-11)23-6-8-24(9-7-23)17(26)27-18(2,3)4/h10H,6-9H2,1-5H3,(H2,19,25). The fraction of sp³-hybridized carbons (Fsp3) is 0.556. The lowest BCUT2D eigenvalue weighted by molar-refractivity contribution is 0.0240. The molecule has 0 spiro atoms. The molecule has 2 amide bonds. The average molecular weight is 374 g/mol. The maximum atomic E-state index is 12.3. The predicted octanol–water partition coefficient (Wildman–Crippen LogP) is 1.43. The van der Waals surface area contributed by atoms with E-state index in [-0.39, 0.29) is 6.09 Å². The zero-order valence-corrected chi connectivity index (χ0v) is 16.4. The Kier molecular flexibility index (Phi) is 4.71.